The molecule has 0 saturated carbocycles. The maximum atomic E-state index is 13.4. The summed E-state index contributed by atoms with van der Waals surface area (Å²) < 4.78 is 5.53. The highest BCUT2D eigenvalue weighted by atomic mass is 16.5. The first-order valence-electron chi connectivity index (χ1n) is 10.4. The van der Waals surface area contributed by atoms with Gasteiger partial charge in [-0.05, 0) is 56.4 Å². The Morgan fingerprint density at radius 3 is 2.43 bits per heavy atom. The summed E-state index contributed by atoms with van der Waals surface area (Å²) in [5, 5.41) is 3.37. The summed E-state index contributed by atoms with van der Waals surface area (Å²) in [6, 6.07) is 13.9. The molecule has 0 fully saturated rings. The van der Waals surface area contributed by atoms with Crippen molar-refractivity contribution in [2.75, 3.05) is 0 Å². The second-order valence-corrected chi connectivity index (χ2v) is 8.16. The summed E-state index contributed by atoms with van der Waals surface area (Å²) in [5.41, 5.74) is 4.85. The molecule has 0 unspecified atom stereocenters. The van der Waals surface area contributed by atoms with Gasteiger partial charge < -0.3 is 10.1 Å². The molecule has 2 atom stereocenters. The number of ketones is 1. The molecule has 1 aliphatic heterocycles. The highest BCUT2D eigenvalue weighted by molar-refractivity contribution is 6.04. The standard InChI is InChI=1S/C25H26N2O3/c1-15(2)30-25(29)22-16(3)27-20-13-19(17-7-5-4-6-8-17)14-21(28)24(20)23(22)18-9-11-26-12-10-18/h4-12,15,19,23,27H,13-14H2,1-3H3/t19-,23-/m0/s1. The fourth-order valence-electron chi connectivity index (χ4n) is 4.44. The van der Waals surface area contributed by atoms with Crippen LogP contribution in [0.5, 0.6) is 0 Å². The highest BCUT2D eigenvalue weighted by Crippen LogP contribution is 2.45. The number of hydrogen-bond acceptors (Lipinski definition) is 5. The third-order valence-corrected chi connectivity index (χ3v) is 5.70. The largest absolute Gasteiger partial charge is 0.460 e. The molecule has 4 rings (SSSR count). The normalized spacial score (nSPS) is 21.4. The lowest BCUT2D eigenvalue weighted by Gasteiger charge is -2.36. The van der Waals surface area contributed by atoms with Crippen LogP contribution in [0.2, 0.25) is 0 Å². The number of aromatic nitrogens is 1. The first-order chi connectivity index (χ1) is 14.5. The summed E-state index contributed by atoms with van der Waals surface area (Å²) in [6.07, 6.45) is 4.31. The second-order valence-electron chi connectivity index (χ2n) is 8.16. The van der Waals surface area contributed by atoms with Gasteiger partial charge in [0.25, 0.3) is 0 Å². The van der Waals surface area contributed by atoms with Gasteiger partial charge in [-0.15, -0.1) is 0 Å². The van der Waals surface area contributed by atoms with Gasteiger partial charge in [0, 0.05) is 41.7 Å². The number of dihydropyridines is 1. The first kappa shape index (κ1) is 20.1. The zero-order valence-electron chi connectivity index (χ0n) is 17.5. The van der Waals surface area contributed by atoms with Crippen molar-refractivity contribution in [3.63, 3.8) is 0 Å². The van der Waals surface area contributed by atoms with E-state index in [-0.39, 0.29) is 23.8 Å². The molecule has 0 saturated heterocycles. The summed E-state index contributed by atoms with van der Waals surface area (Å²) in [5.74, 6) is -0.636. The van der Waals surface area contributed by atoms with Crippen LogP contribution in [-0.4, -0.2) is 22.8 Å². The molecule has 0 spiro atoms. The first-order valence-corrected chi connectivity index (χ1v) is 10.4. The summed E-state index contributed by atoms with van der Waals surface area (Å²) in [7, 11) is 0. The lowest BCUT2D eigenvalue weighted by Crippen LogP contribution is -2.36. The van der Waals surface area contributed by atoms with Crippen LogP contribution in [0.4, 0.5) is 0 Å². The van der Waals surface area contributed by atoms with Crippen molar-refractivity contribution >= 4 is 11.8 Å². The molecule has 1 aromatic carbocycles. The van der Waals surface area contributed by atoms with E-state index in [0.29, 0.717) is 17.6 Å². The average molecular weight is 402 g/mol. The monoisotopic (exact) mass is 402 g/mol. The van der Waals surface area contributed by atoms with Gasteiger partial charge in [-0.1, -0.05) is 30.3 Å². The molecule has 2 aromatic rings. The number of Topliss-reactive ketones (excluding diaryl/α,β-unsaturated/α-hetero) is 1. The molecule has 1 aliphatic carbocycles. The molecule has 5 nitrogen and oxygen atoms in total. The van der Waals surface area contributed by atoms with Crippen molar-refractivity contribution in [2.45, 2.75) is 51.6 Å². The van der Waals surface area contributed by atoms with Gasteiger partial charge in [-0.25, -0.2) is 4.79 Å². The van der Waals surface area contributed by atoms with Gasteiger partial charge in [0.2, 0.25) is 0 Å². The Morgan fingerprint density at radius 2 is 1.77 bits per heavy atom. The predicted octanol–water partition coefficient (Wildman–Crippen LogP) is 4.39. The number of nitrogens with one attached hydrogen (secondary N) is 1. The van der Waals surface area contributed by atoms with Crippen LogP contribution in [0.1, 0.15) is 56.6 Å². The van der Waals surface area contributed by atoms with Crippen LogP contribution < -0.4 is 5.32 Å². The van der Waals surface area contributed by atoms with Crippen molar-refractivity contribution in [3.05, 3.63) is 88.5 Å². The van der Waals surface area contributed by atoms with E-state index < -0.39 is 5.92 Å². The maximum Gasteiger partial charge on any atom is 0.337 e. The van der Waals surface area contributed by atoms with Gasteiger partial charge in [0.05, 0.1) is 11.7 Å². The minimum Gasteiger partial charge on any atom is -0.460 e. The minimum absolute atomic E-state index is 0.0711. The van der Waals surface area contributed by atoms with Gasteiger partial charge in [0.15, 0.2) is 5.78 Å². The summed E-state index contributed by atoms with van der Waals surface area (Å²) >= 11 is 0. The Balaban J connectivity index is 1.78. The average Bonchev–Trinajstić information content (AvgIpc) is 2.73. The molecule has 5 heteroatoms. The zero-order chi connectivity index (χ0) is 21.3. The molecule has 30 heavy (non-hydrogen) atoms. The molecule has 2 aliphatic rings. The molecule has 0 amide bonds. The Kier molecular flexibility index (Phi) is 5.53. The van der Waals surface area contributed by atoms with Crippen LogP contribution >= 0.6 is 0 Å². The number of carbonyl (C=O) groups is 2. The van der Waals surface area contributed by atoms with E-state index in [0.717, 1.165) is 28.9 Å². The Hall–Kier alpha value is -3.21. The SMILES string of the molecule is CC1=C(C(=O)OC(C)C)[C@H](c2ccncc2)C2=C(C[C@H](c3ccccc3)CC2=O)N1. The number of esters is 1. The van der Waals surface area contributed by atoms with Crippen LogP contribution in [0.25, 0.3) is 0 Å². The van der Waals surface area contributed by atoms with Crippen LogP contribution in [0.3, 0.4) is 0 Å². The van der Waals surface area contributed by atoms with E-state index in [1.165, 1.54) is 0 Å². The fourth-order valence-corrected chi connectivity index (χ4v) is 4.44. The third-order valence-electron chi connectivity index (χ3n) is 5.70. The topological polar surface area (TPSA) is 68.3 Å². The summed E-state index contributed by atoms with van der Waals surface area (Å²) in [4.78, 5) is 30.5. The van der Waals surface area contributed by atoms with E-state index in [4.69, 9.17) is 4.74 Å². The molecule has 154 valence electrons. The molecule has 0 bridgehead atoms. The van der Waals surface area contributed by atoms with Crippen molar-refractivity contribution in [2.24, 2.45) is 0 Å². The minimum atomic E-state index is -0.445. The number of nitrogens with zero attached hydrogens (tertiary/aromatic N) is 1. The fraction of sp³-hybridized carbons (Fsp3) is 0.320. The van der Waals surface area contributed by atoms with Gasteiger partial charge in [-0.2, -0.15) is 0 Å². The maximum absolute atomic E-state index is 13.4. The van der Waals surface area contributed by atoms with Crippen LogP contribution in [0, 0.1) is 0 Å². The molecule has 1 aromatic heterocycles. The Morgan fingerprint density at radius 1 is 1.07 bits per heavy atom. The molecular formula is C25H26N2O3. The molecular weight excluding hydrogens is 376 g/mol. The van der Waals surface area contributed by atoms with E-state index in [1.54, 1.807) is 12.4 Å². The second kappa shape index (κ2) is 8.27. The Labute approximate surface area is 176 Å². The molecule has 0 radical (unpaired) electrons. The molecule has 1 N–H and O–H groups in total. The number of benzene rings is 1. The lowest BCUT2D eigenvalue weighted by molar-refractivity contribution is -0.143. The van der Waals surface area contributed by atoms with Crippen LogP contribution in [0.15, 0.2) is 77.4 Å². The number of carbonyl (C=O) groups excluding carboxylic acids is 2. The number of ether oxygens (including phenoxy) is 1. The highest BCUT2D eigenvalue weighted by Gasteiger charge is 2.41. The van der Waals surface area contributed by atoms with E-state index in [9.17, 15) is 9.59 Å². The summed E-state index contributed by atoms with van der Waals surface area (Å²) in [6.45, 7) is 5.53. The van der Waals surface area contributed by atoms with Crippen LogP contribution in [-0.2, 0) is 14.3 Å². The number of allylic oxidation sites excluding steroid dienone is 3. The van der Waals surface area contributed by atoms with Crippen molar-refractivity contribution in [3.8, 4) is 0 Å². The number of pyridine rings is 1. The van der Waals surface area contributed by atoms with Gasteiger partial charge >= 0.3 is 5.97 Å². The van der Waals surface area contributed by atoms with E-state index >= 15 is 0 Å². The third kappa shape index (κ3) is 3.80. The van der Waals surface area contributed by atoms with Gasteiger partial charge in [-0.3, -0.25) is 9.78 Å². The van der Waals surface area contributed by atoms with Crippen molar-refractivity contribution in [1.82, 2.24) is 10.3 Å². The predicted molar refractivity (Wildman–Crippen MR) is 114 cm³/mol. The quantitative estimate of drug-likeness (QED) is 0.768. The number of rotatable bonds is 4. The molecule has 2 heterocycles. The van der Waals surface area contributed by atoms with E-state index in [2.05, 4.69) is 22.4 Å². The smallest absolute Gasteiger partial charge is 0.337 e. The van der Waals surface area contributed by atoms with E-state index in [1.807, 2.05) is 51.1 Å². The number of hydrogen-bond donors (Lipinski definition) is 1. The Bertz CT molecular complexity index is 1020. The van der Waals surface area contributed by atoms with Crippen molar-refractivity contribution in [1.29, 1.82) is 0 Å². The van der Waals surface area contributed by atoms with Crippen molar-refractivity contribution < 1.29 is 14.3 Å². The lowest BCUT2D eigenvalue weighted by atomic mass is 9.72. The van der Waals surface area contributed by atoms with Gasteiger partial charge in [0.1, 0.15) is 0 Å². The zero-order valence-corrected chi connectivity index (χ0v) is 17.5.